The second-order valence-electron chi connectivity index (χ2n) is 2.74. The number of carbonyl (C=O) groups is 1. The number of likely N-dealkylation sites (tertiary alicyclic amines) is 1. The van der Waals surface area contributed by atoms with Gasteiger partial charge in [-0.1, -0.05) is 0 Å². The molecule has 6 nitrogen and oxygen atoms in total. The van der Waals surface area contributed by atoms with Crippen LogP contribution in [0, 0.1) is 10.2 Å². The molecule has 0 unspecified atom stereocenters. The number of hydrogen-bond acceptors (Lipinski definition) is 6. The summed E-state index contributed by atoms with van der Waals surface area (Å²) in [6, 6.07) is 0. The van der Waals surface area contributed by atoms with Gasteiger partial charge < -0.3 is 4.90 Å². The van der Waals surface area contributed by atoms with Gasteiger partial charge in [0, 0.05) is 25.9 Å². The fourth-order valence-corrected chi connectivity index (χ4v) is 0.868. The Hall–Kier alpha value is -0.240. The molecule has 1 heterocycles. The Morgan fingerprint density at radius 2 is 1.62 bits per heavy atom. The van der Waals surface area contributed by atoms with Gasteiger partial charge in [-0.05, 0) is 7.05 Å². The van der Waals surface area contributed by atoms with Crippen LogP contribution in [0.15, 0.2) is 0 Å². The Bertz CT molecular complexity index is 153. The number of rotatable bonds is 0. The summed E-state index contributed by atoms with van der Waals surface area (Å²) in [6.45, 7) is 1.91. The maximum Gasteiger partial charge on any atom is 0.135 e. The third kappa shape index (κ3) is 11.8. The van der Waals surface area contributed by atoms with E-state index in [1.807, 2.05) is 7.05 Å². The van der Waals surface area contributed by atoms with Crippen molar-refractivity contribution in [2.75, 3.05) is 20.1 Å². The van der Waals surface area contributed by atoms with Crippen molar-refractivity contribution < 1.29 is 33.7 Å². The van der Waals surface area contributed by atoms with E-state index in [-0.39, 0.29) is 0 Å². The Morgan fingerprint density at radius 1 is 1.31 bits per heavy atom. The highest BCUT2D eigenvalue weighted by Crippen LogP contribution is 2.01. The number of ketones is 1. The third-order valence-electron chi connectivity index (χ3n) is 1.54. The topological polar surface area (TPSA) is 110 Å². The van der Waals surface area contributed by atoms with Gasteiger partial charge in [0.2, 0.25) is 0 Å². The van der Waals surface area contributed by atoms with Crippen LogP contribution >= 0.6 is 0 Å². The molecule has 0 amide bonds. The van der Waals surface area contributed by atoms with E-state index in [4.69, 9.17) is 18.6 Å². The zero-order valence-electron chi connectivity index (χ0n) is 7.23. The molecule has 1 rings (SSSR count). The van der Waals surface area contributed by atoms with Crippen LogP contribution in [0.4, 0.5) is 0 Å². The first-order valence-electron chi connectivity index (χ1n) is 3.62. The smallest absolute Gasteiger partial charge is 0.135 e. The molecule has 78 valence electrons. The number of hydrogen-bond donors (Lipinski definition) is 1. The quantitative estimate of drug-likeness (QED) is 0.441. The number of piperidine rings is 1. The highest BCUT2D eigenvalue weighted by Gasteiger charge is 2.10. The highest BCUT2D eigenvalue weighted by atomic mass is 35.7. The van der Waals surface area contributed by atoms with E-state index in [9.17, 15) is 4.79 Å². The van der Waals surface area contributed by atoms with Crippen LogP contribution in [0.25, 0.3) is 0 Å². The average Bonchev–Trinajstić information content (AvgIpc) is 1.92. The van der Waals surface area contributed by atoms with E-state index in [0.29, 0.717) is 5.78 Å². The maximum absolute atomic E-state index is 10.6. The lowest BCUT2D eigenvalue weighted by Gasteiger charge is -2.19. The van der Waals surface area contributed by atoms with Crippen molar-refractivity contribution >= 4 is 5.78 Å². The lowest BCUT2D eigenvalue weighted by molar-refractivity contribution is -1.92. The SMILES string of the molecule is CN1CCC(=O)CC1.[O-][Cl+3]([O-])([O-])O. The second kappa shape index (κ2) is 5.48. The zero-order valence-corrected chi connectivity index (χ0v) is 7.99. The van der Waals surface area contributed by atoms with E-state index < -0.39 is 10.2 Å². The first kappa shape index (κ1) is 12.8. The van der Waals surface area contributed by atoms with Gasteiger partial charge in [-0.2, -0.15) is 14.0 Å². The minimum atomic E-state index is -4.69. The maximum atomic E-state index is 10.6. The van der Waals surface area contributed by atoms with Crippen LogP contribution in [0.5, 0.6) is 0 Å². The summed E-state index contributed by atoms with van der Waals surface area (Å²) in [6.07, 6.45) is 1.52. The van der Waals surface area contributed by atoms with Crippen molar-refractivity contribution in [1.82, 2.24) is 4.90 Å². The first-order valence-corrected chi connectivity index (χ1v) is 4.89. The van der Waals surface area contributed by atoms with Crippen LogP contribution < -0.4 is 14.0 Å². The number of carbonyl (C=O) groups excluding carboxylic acids is 1. The molecule has 7 heteroatoms. The monoisotopic (exact) mass is 213 g/mol. The van der Waals surface area contributed by atoms with Crippen molar-refractivity contribution in [2.24, 2.45) is 0 Å². The lowest BCUT2D eigenvalue weighted by Crippen LogP contribution is -2.58. The average molecular weight is 214 g/mol. The number of halogens is 1. The van der Waals surface area contributed by atoms with Crippen LogP contribution in [-0.2, 0) is 4.79 Å². The third-order valence-corrected chi connectivity index (χ3v) is 1.54. The molecule has 0 atom stereocenters. The van der Waals surface area contributed by atoms with Gasteiger partial charge >= 0.3 is 0 Å². The van der Waals surface area contributed by atoms with Gasteiger partial charge in [0.15, 0.2) is 0 Å². The second-order valence-corrected chi connectivity index (χ2v) is 3.53. The van der Waals surface area contributed by atoms with Crippen LogP contribution in [0.1, 0.15) is 12.8 Å². The number of nitrogens with zero attached hydrogens (tertiary/aromatic N) is 1. The summed E-state index contributed by atoms with van der Waals surface area (Å²) in [5.41, 5.74) is 0. The Labute approximate surface area is 78.1 Å². The Balaban J connectivity index is 0.000000252. The molecule has 0 bridgehead atoms. The highest BCUT2D eigenvalue weighted by molar-refractivity contribution is 5.79. The van der Waals surface area contributed by atoms with E-state index in [1.165, 1.54) is 0 Å². The van der Waals surface area contributed by atoms with E-state index in [2.05, 4.69) is 4.90 Å². The Kier molecular flexibility index (Phi) is 5.38. The fraction of sp³-hybridized carbons (Fsp3) is 0.833. The molecule has 0 aromatic rings. The molecule has 0 saturated carbocycles. The van der Waals surface area contributed by atoms with Crippen molar-refractivity contribution in [3.8, 4) is 0 Å². The molecule has 1 aliphatic rings. The zero-order chi connectivity index (χ0) is 10.5. The predicted octanol–water partition coefficient (Wildman–Crippen LogP) is -3.84. The van der Waals surface area contributed by atoms with Gasteiger partial charge in [-0.25, -0.2) is 0 Å². The molecule has 0 aliphatic carbocycles. The van der Waals surface area contributed by atoms with E-state index in [1.54, 1.807) is 0 Å². The van der Waals surface area contributed by atoms with Gasteiger partial charge in [0.25, 0.3) is 0 Å². The summed E-state index contributed by atoms with van der Waals surface area (Å²) in [4.78, 5) is 12.8. The Morgan fingerprint density at radius 3 is 1.85 bits per heavy atom. The molecule has 0 aromatic heterocycles. The molecule has 13 heavy (non-hydrogen) atoms. The fourth-order valence-electron chi connectivity index (χ4n) is 0.868. The molecule has 0 radical (unpaired) electrons. The van der Waals surface area contributed by atoms with Crippen molar-refractivity contribution in [3.05, 3.63) is 0 Å². The minimum absolute atomic E-state index is 0.420. The van der Waals surface area contributed by atoms with Gasteiger partial charge in [0.05, 0.1) is 14.9 Å². The molecule has 0 spiro atoms. The lowest BCUT2D eigenvalue weighted by atomic mass is 10.1. The van der Waals surface area contributed by atoms with Crippen molar-refractivity contribution in [2.45, 2.75) is 12.8 Å². The van der Waals surface area contributed by atoms with Gasteiger partial charge in [0.1, 0.15) is 5.78 Å². The summed E-state index contributed by atoms with van der Waals surface area (Å²) in [5.74, 6) is 0.420. The largest absolute Gasteiger partial charge is 0.305 e. The first-order chi connectivity index (χ1) is 5.79. The summed E-state index contributed by atoms with van der Waals surface area (Å²) >= 11 is 0. The van der Waals surface area contributed by atoms with Gasteiger partial charge in [-0.15, -0.1) is 0 Å². The standard InChI is InChI=1S/C6H11NO.ClHO4/c1-7-4-2-6(8)3-5-7;2-1(3,4)5/h2-5H2,1H3;(H,2,3,4,5). The molecule has 1 saturated heterocycles. The van der Waals surface area contributed by atoms with Crippen LogP contribution in [-0.4, -0.2) is 35.5 Å². The van der Waals surface area contributed by atoms with E-state index >= 15 is 0 Å². The summed E-state index contributed by atoms with van der Waals surface area (Å²) in [5, 5.41) is 0. The number of Topliss-reactive ketones (excluding diaryl/α,β-unsaturated/α-hetero) is 1. The predicted molar refractivity (Wildman–Crippen MR) is 34.0 cm³/mol. The van der Waals surface area contributed by atoms with Crippen LogP contribution in [0.2, 0.25) is 0 Å². The molecule has 0 aromatic carbocycles. The molecule has 1 aliphatic heterocycles. The molecular formula is C6H12ClNO5. The van der Waals surface area contributed by atoms with Crippen molar-refractivity contribution in [3.63, 3.8) is 0 Å². The van der Waals surface area contributed by atoms with Crippen LogP contribution in [0.3, 0.4) is 0 Å². The molecule has 1 N–H and O–H groups in total. The summed E-state index contributed by atoms with van der Waals surface area (Å²) in [7, 11) is -2.65. The van der Waals surface area contributed by atoms with E-state index in [0.717, 1.165) is 25.9 Å². The summed E-state index contributed by atoms with van der Waals surface area (Å²) < 4.78 is 32.7. The van der Waals surface area contributed by atoms with Gasteiger partial charge in [-0.3, -0.25) is 4.79 Å². The normalized spacial score (nSPS) is 19.3. The minimum Gasteiger partial charge on any atom is -0.305 e. The van der Waals surface area contributed by atoms with Crippen molar-refractivity contribution in [1.29, 1.82) is 0 Å². The molecular weight excluding hydrogens is 202 g/mol. The molecule has 1 fully saturated rings.